The molecule has 0 N–H and O–H groups in total. The first-order valence-electron chi connectivity index (χ1n) is 19.0. The van der Waals surface area contributed by atoms with Crippen LogP contribution in [-0.4, -0.2) is 8.07 Å². The maximum atomic E-state index is 7.08. The molecule has 54 heavy (non-hydrogen) atoms. The van der Waals surface area contributed by atoms with Crippen LogP contribution >= 0.6 is 11.8 Å². The minimum absolute atomic E-state index is 0.0783. The summed E-state index contributed by atoms with van der Waals surface area (Å²) in [6.45, 7) is 14.3. The van der Waals surface area contributed by atoms with E-state index < -0.39 is 8.07 Å². The second kappa shape index (κ2) is 10.9. The van der Waals surface area contributed by atoms with Gasteiger partial charge in [0, 0.05) is 27.5 Å². The van der Waals surface area contributed by atoms with Crippen molar-refractivity contribution in [2.45, 2.75) is 61.4 Å². The van der Waals surface area contributed by atoms with Crippen LogP contribution in [0, 0.1) is 0 Å². The van der Waals surface area contributed by atoms with Crippen LogP contribution in [0.25, 0.3) is 44.5 Å². The topological polar surface area (TPSA) is 18.5 Å². The summed E-state index contributed by atoms with van der Waals surface area (Å²) < 4.78 is 13.9. The molecule has 2 nitrogen and oxygen atoms in total. The molecular formula is C50H40O2SSi. The molecule has 0 saturated heterocycles. The molecule has 0 saturated carbocycles. The van der Waals surface area contributed by atoms with Crippen LogP contribution < -0.4 is 19.8 Å². The van der Waals surface area contributed by atoms with E-state index in [0.717, 1.165) is 39.0 Å². The molecule has 7 aromatic carbocycles. The van der Waals surface area contributed by atoms with E-state index in [0.29, 0.717) is 0 Å². The average molecular weight is 733 g/mol. The van der Waals surface area contributed by atoms with E-state index in [-0.39, 0.29) is 10.8 Å². The summed E-state index contributed by atoms with van der Waals surface area (Å²) in [5, 5.41) is 2.75. The molecule has 4 aliphatic rings. The van der Waals surface area contributed by atoms with Crippen molar-refractivity contribution in [2.24, 2.45) is 0 Å². The van der Waals surface area contributed by atoms with Crippen LogP contribution in [0.2, 0.25) is 13.1 Å². The molecule has 2 heterocycles. The Morgan fingerprint density at radius 2 is 1.09 bits per heavy atom. The molecule has 262 valence electrons. The lowest BCUT2D eigenvalue weighted by Gasteiger charge is -2.34. The summed E-state index contributed by atoms with van der Waals surface area (Å²) in [5.41, 5.74) is 14.9. The Labute approximate surface area is 322 Å². The minimum Gasteiger partial charge on any atom is -0.457 e. The first kappa shape index (κ1) is 32.2. The van der Waals surface area contributed by atoms with Gasteiger partial charge in [0.2, 0.25) is 0 Å². The zero-order valence-corrected chi connectivity index (χ0v) is 33.2. The molecule has 0 fully saturated rings. The molecule has 0 bridgehead atoms. The number of benzene rings is 7. The van der Waals surface area contributed by atoms with Gasteiger partial charge in [0.05, 0.1) is 9.79 Å². The van der Waals surface area contributed by atoms with E-state index in [1.165, 1.54) is 70.9 Å². The van der Waals surface area contributed by atoms with Crippen LogP contribution in [0.5, 0.6) is 23.0 Å². The first-order valence-corrected chi connectivity index (χ1v) is 22.8. The van der Waals surface area contributed by atoms with E-state index in [4.69, 9.17) is 9.47 Å². The maximum absolute atomic E-state index is 7.08. The van der Waals surface area contributed by atoms with Gasteiger partial charge < -0.3 is 9.47 Å². The molecule has 2 aliphatic heterocycles. The molecule has 11 rings (SSSR count). The third-order valence-electron chi connectivity index (χ3n) is 12.8. The van der Waals surface area contributed by atoms with E-state index in [1.54, 1.807) is 0 Å². The second-order valence-corrected chi connectivity index (χ2v) is 22.3. The van der Waals surface area contributed by atoms with Gasteiger partial charge >= 0.3 is 0 Å². The largest absolute Gasteiger partial charge is 0.457 e. The Morgan fingerprint density at radius 3 is 1.96 bits per heavy atom. The molecule has 0 spiro atoms. The fourth-order valence-electron chi connectivity index (χ4n) is 9.84. The summed E-state index contributed by atoms with van der Waals surface area (Å²) >= 11 is 1.81. The highest BCUT2D eigenvalue weighted by Crippen LogP contribution is 2.60. The SMILES string of the molecule is CC1(C)c2ccccc2-c2c1ccc1c2Oc2c(cccc2-c2cccc(-c3ccc4c(c3)C(C)(C)c3ccc5c(c3-4)Oc3ccccc3[Si]5(C)C)c2)S1. The monoisotopic (exact) mass is 732 g/mol. The third kappa shape index (κ3) is 4.24. The van der Waals surface area contributed by atoms with Crippen molar-refractivity contribution in [1.29, 1.82) is 0 Å². The number of fused-ring (bicyclic) bond motifs is 12. The average Bonchev–Trinajstić information content (AvgIpc) is 3.56. The smallest absolute Gasteiger partial charge is 0.149 e. The summed E-state index contributed by atoms with van der Waals surface area (Å²) in [6, 6.07) is 49.3. The number of rotatable bonds is 2. The van der Waals surface area contributed by atoms with E-state index in [2.05, 4.69) is 174 Å². The highest BCUT2D eigenvalue weighted by atomic mass is 32.2. The van der Waals surface area contributed by atoms with Crippen molar-refractivity contribution >= 4 is 30.2 Å². The normalized spacial score (nSPS) is 16.6. The molecule has 0 unspecified atom stereocenters. The Balaban J connectivity index is 0.991. The van der Waals surface area contributed by atoms with Crippen molar-refractivity contribution in [1.82, 2.24) is 0 Å². The van der Waals surface area contributed by atoms with Gasteiger partial charge in [-0.1, -0.05) is 156 Å². The van der Waals surface area contributed by atoms with Crippen molar-refractivity contribution in [2.75, 3.05) is 0 Å². The van der Waals surface area contributed by atoms with E-state index >= 15 is 0 Å². The lowest BCUT2D eigenvalue weighted by molar-refractivity contribution is 0.457. The molecule has 2 aliphatic carbocycles. The minimum atomic E-state index is -1.94. The molecule has 0 atom stereocenters. The van der Waals surface area contributed by atoms with Crippen LogP contribution in [0.15, 0.2) is 143 Å². The maximum Gasteiger partial charge on any atom is 0.149 e. The fourth-order valence-corrected chi connectivity index (χ4v) is 13.6. The zero-order chi connectivity index (χ0) is 36.7. The van der Waals surface area contributed by atoms with Gasteiger partial charge in [0.1, 0.15) is 31.1 Å². The van der Waals surface area contributed by atoms with Gasteiger partial charge in [-0.3, -0.25) is 0 Å². The highest BCUT2D eigenvalue weighted by molar-refractivity contribution is 7.99. The Bertz CT molecular complexity index is 2790. The molecular weight excluding hydrogens is 693 g/mol. The van der Waals surface area contributed by atoms with Crippen LogP contribution in [-0.2, 0) is 10.8 Å². The standard InChI is InChI=1S/C50H40O2SSi/c1-49(2)35-17-8-7-15-33(35)44-36(49)23-25-41-47(44)52-46-32(16-12-19-40(46)53-41)31-14-11-13-29(27-31)30-21-22-34-38(28-30)50(3,4)37-24-26-43-48(45(34)37)51-39-18-9-10-20-42(39)54(43,5)6/h7-28H,1-6H3. The number of ether oxygens (including phenoxy) is 2. The van der Waals surface area contributed by atoms with Crippen molar-refractivity contribution < 1.29 is 9.47 Å². The molecule has 0 radical (unpaired) electrons. The highest BCUT2D eigenvalue weighted by Gasteiger charge is 2.44. The third-order valence-corrected chi connectivity index (χ3v) is 17.4. The molecule has 0 amide bonds. The fraction of sp³-hybridized carbons (Fsp3) is 0.160. The van der Waals surface area contributed by atoms with Gasteiger partial charge in [-0.15, -0.1) is 0 Å². The summed E-state index contributed by atoms with van der Waals surface area (Å²) in [6.07, 6.45) is 0. The summed E-state index contributed by atoms with van der Waals surface area (Å²) in [7, 11) is -1.94. The van der Waals surface area contributed by atoms with Crippen LogP contribution in [0.3, 0.4) is 0 Å². The van der Waals surface area contributed by atoms with Crippen LogP contribution in [0.4, 0.5) is 0 Å². The van der Waals surface area contributed by atoms with Gasteiger partial charge in [0.25, 0.3) is 0 Å². The zero-order valence-electron chi connectivity index (χ0n) is 31.4. The van der Waals surface area contributed by atoms with Gasteiger partial charge in [-0.05, 0) is 90.8 Å². The molecule has 4 heteroatoms. The predicted octanol–water partition coefficient (Wildman–Crippen LogP) is 12.8. The quantitative estimate of drug-likeness (QED) is 0.165. The van der Waals surface area contributed by atoms with Crippen molar-refractivity contribution in [3.63, 3.8) is 0 Å². The Kier molecular flexibility index (Phi) is 6.49. The Morgan fingerprint density at radius 1 is 0.444 bits per heavy atom. The Hall–Kier alpha value is -5.29. The summed E-state index contributed by atoms with van der Waals surface area (Å²) in [4.78, 5) is 2.32. The van der Waals surface area contributed by atoms with Gasteiger partial charge in [0.15, 0.2) is 0 Å². The molecule has 0 aromatic heterocycles. The lowest BCUT2D eigenvalue weighted by Crippen LogP contribution is -2.56. The second-order valence-electron chi connectivity index (χ2n) is 16.9. The van der Waals surface area contributed by atoms with Gasteiger partial charge in [-0.25, -0.2) is 0 Å². The lowest BCUT2D eigenvalue weighted by atomic mass is 9.81. The number of para-hydroxylation sites is 2. The van der Waals surface area contributed by atoms with E-state index in [9.17, 15) is 0 Å². The predicted molar refractivity (Wildman–Crippen MR) is 226 cm³/mol. The number of hydrogen-bond acceptors (Lipinski definition) is 3. The van der Waals surface area contributed by atoms with Crippen molar-refractivity contribution in [3.05, 3.63) is 156 Å². The van der Waals surface area contributed by atoms with E-state index in [1.807, 2.05) is 11.8 Å². The van der Waals surface area contributed by atoms with Crippen molar-refractivity contribution in [3.8, 4) is 67.5 Å². The molecule has 7 aromatic rings. The van der Waals surface area contributed by atoms with Gasteiger partial charge in [-0.2, -0.15) is 0 Å². The van der Waals surface area contributed by atoms with Crippen LogP contribution in [0.1, 0.15) is 49.9 Å². The number of hydrogen-bond donors (Lipinski definition) is 0. The summed E-state index contributed by atoms with van der Waals surface area (Å²) in [5.74, 6) is 4.00. The first-order chi connectivity index (χ1) is 26.0.